The van der Waals surface area contributed by atoms with Gasteiger partial charge in [0.15, 0.2) is 4.90 Å². The van der Waals surface area contributed by atoms with Gasteiger partial charge < -0.3 is 4.74 Å². The Bertz CT molecular complexity index is 542. The Labute approximate surface area is 96.2 Å². The summed E-state index contributed by atoms with van der Waals surface area (Å²) in [6.07, 6.45) is 0. The maximum absolute atomic E-state index is 11.0. The Morgan fingerprint density at radius 2 is 2.00 bits per heavy atom. The fraction of sp³-hybridized carbons (Fsp3) is 0.286. The molecular formula is C7H7ClN2O5S. The van der Waals surface area contributed by atoms with Gasteiger partial charge in [-0.3, -0.25) is 9.35 Å². The van der Waals surface area contributed by atoms with E-state index in [0.717, 1.165) is 6.92 Å². The highest BCUT2D eigenvalue weighted by Gasteiger charge is 2.24. The highest BCUT2D eigenvalue weighted by atomic mass is 35.5. The lowest BCUT2D eigenvalue weighted by Crippen LogP contribution is -2.12. The van der Waals surface area contributed by atoms with Gasteiger partial charge in [-0.25, -0.2) is 4.98 Å². The molecule has 1 aromatic rings. The lowest BCUT2D eigenvalue weighted by Gasteiger charge is -2.07. The topological polar surface area (TPSA) is 106 Å². The molecule has 88 valence electrons. The quantitative estimate of drug-likeness (QED) is 0.475. The molecule has 0 aromatic carbocycles. The maximum atomic E-state index is 11.0. The minimum atomic E-state index is -4.59. The molecule has 0 amide bonds. The second-order valence-corrected chi connectivity index (χ2v) is 4.48. The molecule has 0 fully saturated rings. The van der Waals surface area contributed by atoms with Crippen LogP contribution in [0.1, 0.15) is 12.6 Å². The van der Waals surface area contributed by atoms with E-state index in [0.29, 0.717) is 0 Å². The average Bonchev–Trinajstić information content (AvgIpc) is 1.96. The highest BCUT2D eigenvalue weighted by Crippen LogP contribution is 2.25. The Morgan fingerprint density at radius 1 is 1.44 bits per heavy atom. The van der Waals surface area contributed by atoms with Crippen LogP contribution in [0.3, 0.4) is 0 Å². The first kappa shape index (κ1) is 12.8. The summed E-state index contributed by atoms with van der Waals surface area (Å²) in [5.41, 5.74) is -0.112. The number of rotatable bonds is 2. The molecule has 1 N–H and O–H groups in total. The second kappa shape index (κ2) is 4.32. The van der Waals surface area contributed by atoms with Gasteiger partial charge in [-0.1, -0.05) is 0 Å². The van der Waals surface area contributed by atoms with Gasteiger partial charge in [-0.2, -0.15) is 13.4 Å². The first-order chi connectivity index (χ1) is 7.21. The molecule has 9 heteroatoms. The van der Waals surface area contributed by atoms with Crippen molar-refractivity contribution < 1.29 is 22.5 Å². The van der Waals surface area contributed by atoms with Crippen molar-refractivity contribution in [3.05, 3.63) is 11.0 Å². The van der Waals surface area contributed by atoms with Crippen molar-refractivity contribution in [2.75, 3.05) is 0 Å². The average molecular weight is 267 g/mol. The van der Waals surface area contributed by atoms with Gasteiger partial charge in [0, 0.05) is 6.92 Å². The van der Waals surface area contributed by atoms with Gasteiger partial charge in [0.2, 0.25) is 11.2 Å². The number of ether oxygens (including phenoxy) is 1. The zero-order chi connectivity index (χ0) is 12.5. The highest BCUT2D eigenvalue weighted by molar-refractivity contribution is 7.86. The van der Waals surface area contributed by atoms with Crippen LogP contribution in [0.25, 0.3) is 0 Å². The van der Waals surface area contributed by atoms with Crippen LogP contribution in [-0.4, -0.2) is 28.9 Å². The van der Waals surface area contributed by atoms with Crippen molar-refractivity contribution in [2.45, 2.75) is 18.7 Å². The van der Waals surface area contributed by atoms with Gasteiger partial charge in [0.1, 0.15) is 0 Å². The molecule has 0 saturated carbocycles. The van der Waals surface area contributed by atoms with Crippen LogP contribution in [0.15, 0.2) is 4.90 Å². The summed E-state index contributed by atoms with van der Waals surface area (Å²) in [7, 11) is -4.59. The van der Waals surface area contributed by atoms with Gasteiger partial charge in [0.25, 0.3) is 0 Å². The van der Waals surface area contributed by atoms with Crippen LogP contribution < -0.4 is 4.74 Å². The predicted molar refractivity (Wildman–Crippen MR) is 52.9 cm³/mol. The molecule has 0 saturated heterocycles. The van der Waals surface area contributed by atoms with Crippen molar-refractivity contribution in [3.63, 3.8) is 0 Å². The number of carbonyl (C=O) groups is 1. The third kappa shape index (κ3) is 2.87. The summed E-state index contributed by atoms with van der Waals surface area (Å²) < 4.78 is 35.4. The molecule has 0 unspecified atom stereocenters. The van der Waals surface area contributed by atoms with E-state index >= 15 is 0 Å². The molecule has 1 rings (SSSR count). The summed E-state index contributed by atoms with van der Waals surface area (Å²) in [6.45, 7) is 2.34. The molecule has 0 radical (unpaired) electrons. The van der Waals surface area contributed by atoms with Gasteiger partial charge in [-0.05, 0) is 18.5 Å². The fourth-order valence-electron chi connectivity index (χ4n) is 1.01. The maximum Gasteiger partial charge on any atom is 0.309 e. The number of hydrogen-bond acceptors (Lipinski definition) is 6. The minimum Gasteiger partial charge on any atom is -0.406 e. The van der Waals surface area contributed by atoms with E-state index < -0.39 is 26.9 Å². The fourth-order valence-corrected chi connectivity index (χ4v) is 1.94. The first-order valence-corrected chi connectivity index (χ1v) is 5.73. The van der Waals surface area contributed by atoms with Gasteiger partial charge >= 0.3 is 16.1 Å². The predicted octanol–water partition coefficient (Wildman–Crippen LogP) is 0.610. The monoisotopic (exact) mass is 266 g/mol. The number of hydrogen-bond donors (Lipinski definition) is 1. The smallest absolute Gasteiger partial charge is 0.309 e. The SMILES string of the molecule is CC(=O)Oc1nc(Cl)nc(C)c1S(=O)(=O)O. The first-order valence-electron chi connectivity index (χ1n) is 3.92. The summed E-state index contributed by atoms with van der Waals surface area (Å²) in [6, 6.07) is 0. The number of nitrogens with zero attached hydrogens (tertiary/aromatic N) is 2. The lowest BCUT2D eigenvalue weighted by molar-refractivity contribution is -0.132. The standard InChI is InChI=1S/C7H7ClN2O5S/c1-3-5(16(12,13)14)6(15-4(2)11)10-7(8)9-3/h1-2H3,(H,12,13,14). The molecule has 0 spiro atoms. The van der Waals surface area contributed by atoms with Crippen molar-refractivity contribution in [2.24, 2.45) is 0 Å². The molecule has 0 bridgehead atoms. The number of aromatic nitrogens is 2. The Kier molecular flexibility index (Phi) is 3.46. The molecule has 0 aliphatic carbocycles. The zero-order valence-electron chi connectivity index (χ0n) is 8.26. The Hall–Kier alpha value is -1.25. The molecule has 0 aliphatic rings. The van der Waals surface area contributed by atoms with Crippen LogP contribution >= 0.6 is 11.6 Å². The van der Waals surface area contributed by atoms with Crippen LogP contribution in [0.4, 0.5) is 0 Å². The van der Waals surface area contributed by atoms with E-state index in [9.17, 15) is 13.2 Å². The molecule has 0 aliphatic heterocycles. The van der Waals surface area contributed by atoms with Crippen LogP contribution in [0.5, 0.6) is 5.88 Å². The number of halogens is 1. The van der Waals surface area contributed by atoms with E-state index in [1.807, 2.05) is 0 Å². The van der Waals surface area contributed by atoms with E-state index in [1.54, 1.807) is 0 Å². The molecule has 7 nitrogen and oxygen atoms in total. The van der Waals surface area contributed by atoms with Crippen molar-refractivity contribution in [1.29, 1.82) is 0 Å². The number of esters is 1. The number of aryl methyl sites for hydroxylation is 1. The van der Waals surface area contributed by atoms with Crippen LogP contribution in [0.2, 0.25) is 5.28 Å². The van der Waals surface area contributed by atoms with Gasteiger partial charge in [0.05, 0.1) is 5.69 Å². The van der Waals surface area contributed by atoms with E-state index in [4.69, 9.17) is 16.2 Å². The summed E-state index contributed by atoms with van der Waals surface area (Å²) >= 11 is 5.47. The van der Waals surface area contributed by atoms with E-state index in [1.165, 1.54) is 6.92 Å². The van der Waals surface area contributed by atoms with Crippen molar-refractivity contribution in [3.8, 4) is 5.88 Å². The summed E-state index contributed by atoms with van der Waals surface area (Å²) in [5.74, 6) is -1.38. The largest absolute Gasteiger partial charge is 0.406 e. The summed E-state index contributed by atoms with van der Waals surface area (Å²) in [5, 5.41) is -0.291. The molecule has 1 aromatic heterocycles. The van der Waals surface area contributed by atoms with E-state index in [-0.39, 0.29) is 11.0 Å². The van der Waals surface area contributed by atoms with Crippen molar-refractivity contribution in [1.82, 2.24) is 9.97 Å². The molecule has 16 heavy (non-hydrogen) atoms. The minimum absolute atomic E-state index is 0.112. The Morgan fingerprint density at radius 3 is 2.44 bits per heavy atom. The summed E-state index contributed by atoms with van der Waals surface area (Å²) in [4.78, 5) is 17.0. The lowest BCUT2D eigenvalue weighted by atomic mass is 10.4. The molecule has 1 heterocycles. The normalized spacial score (nSPS) is 11.2. The van der Waals surface area contributed by atoms with E-state index in [2.05, 4.69) is 14.7 Å². The second-order valence-electron chi connectivity index (χ2n) is 2.78. The zero-order valence-corrected chi connectivity index (χ0v) is 9.83. The van der Waals surface area contributed by atoms with Crippen LogP contribution in [-0.2, 0) is 14.9 Å². The Balaban J connectivity index is 3.51. The number of carbonyl (C=O) groups excluding carboxylic acids is 1. The molecule has 0 atom stereocenters. The molecular weight excluding hydrogens is 260 g/mol. The third-order valence-electron chi connectivity index (χ3n) is 1.47. The van der Waals surface area contributed by atoms with Crippen LogP contribution in [0, 0.1) is 6.92 Å². The van der Waals surface area contributed by atoms with Gasteiger partial charge in [-0.15, -0.1) is 0 Å². The van der Waals surface area contributed by atoms with Crippen molar-refractivity contribution >= 4 is 27.7 Å². The third-order valence-corrected chi connectivity index (χ3v) is 2.63.